The minimum atomic E-state index is -0.420. The van der Waals surface area contributed by atoms with Crippen LogP contribution in [0, 0.1) is 0 Å². The van der Waals surface area contributed by atoms with Crippen LogP contribution in [0.2, 0.25) is 0 Å². The van der Waals surface area contributed by atoms with Crippen molar-refractivity contribution in [2.75, 3.05) is 6.61 Å². The van der Waals surface area contributed by atoms with Crippen LogP contribution in [0.1, 0.15) is 31.1 Å². The van der Waals surface area contributed by atoms with Gasteiger partial charge in [0.25, 0.3) is 0 Å². The van der Waals surface area contributed by atoms with Crippen LogP contribution in [-0.2, 0) is 4.74 Å². The molecule has 0 bridgehead atoms. The molecule has 0 saturated carbocycles. The van der Waals surface area contributed by atoms with Gasteiger partial charge in [-0.15, -0.1) is 5.10 Å². The van der Waals surface area contributed by atoms with Gasteiger partial charge in [-0.2, -0.15) is 0 Å². The second kappa shape index (κ2) is 4.64. The van der Waals surface area contributed by atoms with E-state index in [9.17, 15) is 4.79 Å². The average molecular weight is 198 g/mol. The van der Waals surface area contributed by atoms with Gasteiger partial charge < -0.3 is 9.47 Å². The average Bonchev–Trinajstić information content (AvgIpc) is 2.51. The Hall–Kier alpha value is -1.52. The first-order chi connectivity index (χ1) is 6.65. The molecule has 0 aromatic carbocycles. The van der Waals surface area contributed by atoms with Gasteiger partial charge in [0.05, 0.1) is 12.7 Å². The molecule has 14 heavy (non-hydrogen) atoms. The molecule has 5 nitrogen and oxygen atoms in total. The van der Waals surface area contributed by atoms with E-state index in [0.29, 0.717) is 18.1 Å². The third kappa shape index (κ3) is 2.48. The summed E-state index contributed by atoms with van der Waals surface area (Å²) in [5.41, 5.74) is 0.334. The number of nitrogens with zero attached hydrogens (tertiary/aromatic N) is 1. The van der Waals surface area contributed by atoms with E-state index in [1.165, 1.54) is 6.20 Å². The van der Waals surface area contributed by atoms with E-state index in [4.69, 9.17) is 9.47 Å². The number of ether oxygens (including phenoxy) is 2. The summed E-state index contributed by atoms with van der Waals surface area (Å²) in [5, 5.41) is 6.38. The maximum atomic E-state index is 11.3. The van der Waals surface area contributed by atoms with Crippen LogP contribution in [0.4, 0.5) is 0 Å². The van der Waals surface area contributed by atoms with Crippen LogP contribution < -0.4 is 4.74 Å². The van der Waals surface area contributed by atoms with Gasteiger partial charge in [-0.25, -0.2) is 4.79 Å². The second-order valence-electron chi connectivity index (χ2n) is 2.99. The molecule has 0 aliphatic rings. The molecule has 0 spiro atoms. The first-order valence-electron chi connectivity index (χ1n) is 4.52. The fraction of sp³-hybridized carbons (Fsp3) is 0.556. The quantitative estimate of drug-likeness (QED) is 0.742. The van der Waals surface area contributed by atoms with Crippen molar-refractivity contribution in [1.82, 2.24) is 10.2 Å². The Morgan fingerprint density at radius 3 is 2.93 bits per heavy atom. The minimum Gasteiger partial charge on any atom is -0.473 e. The smallest absolute Gasteiger partial charge is 0.345 e. The van der Waals surface area contributed by atoms with Crippen LogP contribution >= 0.6 is 0 Å². The summed E-state index contributed by atoms with van der Waals surface area (Å²) in [5.74, 6) is -0.129. The number of carbonyl (C=O) groups is 1. The van der Waals surface area contributed by atoms with E-state index in [1.807, 2.05) is 13.8 Å². The zero-order valence-corrected chi connectivity index (χ0v) is 8.53. The van der Waals surface area contributed by atoms with Crippen molar-refractivity contribution in [2.24, 2.45) is 0 Å². The SMILES string of the molecule is CCOC(=O)c1c[nH]nc1OC(C)C. The number of rotatable bonds is 4. The lowest BCUT2D eigenvalue weighted by molar-refractivity contribution is 0.0520. The third-order valence-electron chi connectivity index (χ3n) is 1.45. The normalized spacial score (nSPS) is 10.3. The van der Waals surface area contributed by atoms with Crippen LogP contribution in [0.15, 0.2) is 6.20 Å². The van der Waals surface area contributed by atoms with E-state index in [2.05, 4.69) is 10.2 Å². The Balaban J connectivity index is 2.76. The van der Waals surface area contributed by atoms with Crippen molar-refractivity contribution < 1.29 is 14.3 Å². The van der Waals surface area contributed by atoms with E-state index in [0.717, 1.165) is 0 Å². The summed E-state index contributed by atoms with van der Waals surface area (Å²) in [6, 6.07) is 0. The van der Waals surface area contributed by atoms with Crippen LogP contribution in [-0.4, -0.2) is 28.9 Å². The molecule has 1 aromatic heterocycles. The molecule has 0 aliphatic heterocycles. The summed E-state index contributed by atoms with van der Waals surface area (Å²) in [4.78, 5) is 11.3. The highest BCUT2D eigenvalue weighted by molar-refractivity contribution is 5.91. The van der Waals surface area contributed by atoms with E-state index < -0.39 is 5.97 Å². The Morgan fingerprint density at radius 2 is 2.36 bits per heavy atom. The van der Waals surface area contributed by atoms with Gasteiger partial charge in [0, 0.05) is 6.20 Å². The Kier molecular flexibility index (Phi) is 3.50. The summed E-state index contributed by atoms with van der Waals surface area (Å²) >= 11 is 0. The topological polar surface area (TPSA) is 64.2 Å². The number of nitrogens with one attached hydrogen (secondary N) is 1. The third-order valence-corrected chi connectivity index (χ3v) is 1.45. The standard InChI is InChI=1S/C9H14N2O3/c1-4-13-9(12)7-5-10-11-8(7)14-6(2)3/h5-6H,4H2,1-3H3,(H,10,11). The van der Waals surface area contributed by atoms with Crippen LogP contribution in [0.25, 0.3) is 0 Å². The van der Waals surface area contributed by atoms with Crippen molar-refractivity contribution in [3.8, 4) is 5.88 Å². The van der Waals surface area contributed by atoms with Gasteiger partial charge >= 0.3 is 5.97 Å². The Morgan fingerprint density at radius 1 is 1.64 bits per heavy atom. The van der Waals surface area contributed by atoms with Crippen LogP contribution in [0.5, 0.6) is 5.88 Å². The van der Waals surface area contributed by atoms with Crippen molar-refractivity contribution >= 4 is 5.97 Å². The molecule has 0 radical (unpaired) electrons. The number of aromatic nitrogens is 2. The van der Waals surface area contributed by atoms with Gasteiger partial charge in [-0.05, 0) is 20.8 Å². The number of hydrogen-bond acceptors (Lipinski definition) is 4. The summed E-state index contributed by atoms with van der Waals surface area (Å²) in [6.45, 7) is 5.82. The highest BCUT2D eigenvalue weighted by Gasteiger charge is 2.17. The maximum Gasteiger partial charge on any atom is 0.345 e. The van der Waals surface area contributed by atoms with E-state index >= 15 is 0 Å². The van der Waals surface area contributed by atoms with E-state index in [1.54, 1.807) is 6.92 Å². The second-order valence-corrected chi connectivity index (χ2v) is 2.99. The molecule has 0 fully saturated rings. The monoisotopic (exact) mass is 198 g/mol. The van der Waals surface area contributed by atoms with Crippen molar-refractivity contribution in [2.45, 2.75) is 26.9 Å². The highest BCUT2D eigenvalue weighted by Crippen LogP contribution is 2.16. The lowest BCUT2D eigenvalue weighted by Gasteiger charge is -2.07. The maximum absolute atomic E-state index is 11.3. The number of carbonyl (C=O) groups excluding carboxylic acids is 1. The molecule has 1 rings (SSSR count). The Bertz CT molecular complexity index is 307. The van der Waals surface area contributed by atoms with Crippen molar-refractivity contribution in [3.05, 3.63) is 11.8 Å². The first-order valence-corrected chi connectivity index (χ1v) is 4.52. The number of hydrogen-bond donors (Lipinski definition) is 1. The van der Waals surface area contributed by atoms with Gasteiger partial charge in [-0.1, -0.05) is 0 Å². The number of esters is 1. The van der Waals surface area contributed by atoms with E-state index in [-0.39, 0.29) is 6.10 Å². The molecular weight excluding hydrogens is 184 g/mol. The van der Waals surface area contributed by atoms with Gasteiger partial charge in [0.1, 0.15) is 5.56 Å². The Labute approximate surface area is 82.4 Å². The fourth-order valence-electron chi connectivity index (χ4n) is 0.946. The van der Waals surface area contributed by atoms with Gasteiger partial charge in [0.15, 0.2) is 0 Å². The number of aromatic amines is 1. The molecule has 0 aliphatic carbocycles. The van der Waals surface area contributed by atoms with Crippen molar-refractivity contribution in [1.29, 1.82) is 0 Å². The summed E-state index contributed by atoms with van der Waals surface area (Å²) in [7, 11) is 0. The predicted molar refractivity (Wildman–Crippen MR) is 50.3 cm³/mol. The molecule has 5 heteroatoms. The molecule has 1 aromatic rings. The van der Waals surface area contributed by atoms with Crippen molar-refractivity contribution in [3.63, 3.8) is 0 Å². The fourth-order valence-corrected chi connectivity index (χ4v) is 0.946. The minimum absolute atomic E-state index is 0.0218. The summed E-state index contributed by atoms with van der Waals surface area (Å²) in [6.07, 6.45) is 1.45. The first kappa shape index (κ1) is 10.6. The zero-order valence-electron chi connectivity index (χ0n) is 8.53. The van der Waals surface area contributed by atoms with Gasteiger partial charge in [-0.3, -0.25) is 5.10 Å². The van der Waals surface area contributed by atoms with Gasteiger partial charge in [0.2, 0.25) is 5.88 Å². The zero-order chi connectivity index (χ0) is 10.6. The van der Waals surface area contributed by atoms with Crippen LogP contribution in [0.3, 0.4) is 0 Å². The predicted octanol–water partition coefficient (Wildman–Crippen LogP) is 1.37. The highest BCUT2D eigenvalue weighted by atomic mass is 16.5. The molecule has 0 amide bonds. The molecular formula is C9H14N2O3. The number of H-pyrrole nitrogens is 1. The molecule has 0 atom stereocenters. The molecule has 0 saturated heterocycles. The summed E-state index contributed by atoms with van der Waals surface area (Å²) < 4.78 is 10.1. The molecule has 78 valence electrons. The molecule has 1 heterocycles. The molecule has 1 N–H and O–H groups in total. The lowest BCUT2D eigenvalue weighted by atomic mass is 10.3. The largest absolute Gasteiger partial charge is 0.473 e. The molecule has 0 unspecified atom stereocenters. The lowest BCUT2D eigenvalue weighted by Crippen LogP contribution is -2.11.